The fourth-order valence-corrected chi connectivity index (χ4v) is 4.91. The number of benzene rings is 1. The maximum absolute atomic E-state index is 12.6. The standard InChI is InChI=1S/C22H29N3O5S/c1-31(28,29)22(9-8-20(23)26)25-13-10-18(16-21(25)27)17-4-6-19(7-5-17)30-15-14-24-11-2-3-12-24/h4-7,10,13,16,22H,2-3,8-9,11-12,14-15H2,1H3,(H2,23,26). The summed E-state index contributed by atoms with van der Waals surface area (Å²) in [5, 5.41) is -1.13. The fraction of sp³-hybridized carbons (Fsp3) is 0.455. The molecule has 1 atom stereocenters. The van der Waals surface area contributed by atoms with E-state index in [2.05, 4.69) is 4.90 Å². The van der Waals surface area contributed by atoms with Crippen molar-refractivity contribution >= 4 is 15.7 Å². The number of nitrogens with zero attached hydrogens (tertiary/aromatic N) is 2. The Balaban J connectivity index is 1.69. The van der Waals surface area contributed by atoms with Gasteiger partial charge in [-0.25, -0.2) is 8.42 Å². The first kappa shape index (κ1) is 23.0. The molecule has 1 aliphatic rings. The van der Waals surface area contributed by atoms with Crippen molar-refractivity contribution in [3.05, 3.63) is 52.9 Å². The minimum Gasteiger partial charge on any atom is -0.492 e. The van der Waals surface area contributed by atoms with Crippen molar-refractivity contribution in [2.75, 3.05) is 32.5 Å². The minimum atomic E-state index is -3.60. The molecule has 0 saturated carbocycles. The molecule has 1 fully saturated rings. The van der Waals surface area contributed by atoms with E-state index in [1.165, 1.54) is 25.1 Å². The van der Waals surface area contributed by atoms with Crippen LogP contribution < -0.4 is 16.0 Å². The number of carbonyl (C=O) groups is 1. The summed E-state index contributed by atoms with van der Waals surface area (Å²) in [5.41, 5.74) is 6.18. The van der Waals surface area contributed by atoms with E-state index in [0.717, 1.165) is 41.8 Å². The lowest BCUT2D eigenvalue weighted by Crippen LogP contribution is -2.29. The lowest BCUT2D eigenvalue weighted by atomic mass is 10.1. The molecule has 8 nitrogen and oxygen atoms in total. The van der Waals surface area contributed by atoms with Gasteiger partial charge in [-0.05, 0) is 61.7 Å². The van der Waals surface area contributed by atoms with Crippen molar-refractivity contribution in [2.24, 2.45) is 5.73 Å². The topological polar surface area (TPSA) is 112 Å². The zero-order valence-corrected chi connectivity index (χ0v) is 18.5. The smallest absolute Gasteiger partial charge is 0.252 e. The van der Waals surface area contributed by atoms with Crippen LogP contribution in [-0.4, -0.2) is 56.3 Å². The molecule has 1 saturated heterocycles. The van der Waals surface area contributed by atoms with Crippen LogP contribution in [-0.2, 0) is 14.6 Å². The second-order valence-electron chi connectivity index (χ2n) is 7.87. The van der Waals surface area contributed by atoms with Gasteiger partial charge in [0.15, 0.2) is 9.84 Å². The van der Waals surface area contributed by atoms with Gasteiger partial charge in [0.05, 0.1) is 0 Å². The first-order valence-corrected chi connectivity index (χ1v) is 12.3. The van der Waals surface area contributed by atoms with Crippen LogP contribution in [0.25, 0.3) is 11.1 Å². The summed E-state index contributed by atoms with van der Waals surface area (Å²) < 4.78 is 31.2. The molecule has 2 heterocycles. The van der Waals surface area contributed by atoms with E-state index >= 15 is 0 Å². The van der Waals surface area contributed by atoms with Gasteiger partial charge in [0.1, 0.15) is 17.7 Å². The second kappa shape index (κ2) is 10.1. The van der Waals surface area contributed by atoms with E-state index in [-0.39, 0.29) is 12.8 Å². The molecule has 168 valence electrons. The molecule has 3 rings (SSSR count). The van der Waals surface area contributed by atoms with Crippen LogP contribution in [0, 0.1) is 0 Å². The van der Waals surface area contributed by atoms with E-state index in [1.54, 1.807) is 6.07 Å². The Morgan fingerprint density at radius 3 is 2.39 bits per heavy atom. The Hall–Kier alpha value is -2.65. The molecular formula is C22H29N3O5S. The molecule has 1 amide bonds. The molecule has 0 aliphatic carbocycles. The third-order valence-corrected chi connectivity index (χ3v) is 6.90. The minimum absolute atomic E-state index is 0.0448. The van der Waals surface area contributed by atoms with Crippen molar-refractivity contribution < 1.29 is 17.9 Å². The zero-order valence-electron chi connectivity index (χ0n) is 17.7. The summed E-state index contributed by atoms with van der Waals surface area (Å²) >= 11 is 0. The van der Waals surface area contributed by atoms with Crippen molar-refractivity contribution in [1.29, 1.82) is 0 Å². The number of pyridine rings is 1. The van der Waals surface area contributed by atoms with Gasteiger partial charge >= 0.3 is 0 Å². The lowest BCUT2D eigenvalue weighted by molar-refractivity contribution is -0.118. The van der Waals surface area contributed by atoms with Crippen LogP contribution in [0.5, 0.6) is 5.75 Å². The molecule has 2 aromatic rings. The van der Waals surface area contributed by atoms with Gasteiger partial charge in [-0.3, -0.25) is 19.1 Å². The Morgan fingerprint density at radius 2 is 1.81 bits per heavy atom. The SMILES string of the molecule is CS(=O)(=O)C(CCC(N)=O)n1ccc(-c2ccc(OCCN3CCCC3)cc2)cc1=O. The average Bonchev–Trinajstić information content (AvgIpc) is 3.22. The van der Waals surface area contributed by atoms with E-state index in [0.29, 0.717) is 12.2 Å². The number of rotatable bonds is 10. The first-order valence-electron chi connectivity index (χ1n) is 10.4. The highest BCUT2D eigenvalue weighted by Gasteiger charge is 2.24. The number of hydrogen-bond acceptors (Lipinski definition) is 6. The molecule has 9 heteroatoms. The number of hydrogen-bond donors (Lipinski definition) is 1. The van der Waals surface area contributed by atoms with Gasteiger partial charge in [0, 0.05) is 31.5 Å². The molecule has 1 aromatic heterocycles. The highest BCUT2D eigenvalue weighted by molar-refractivity contribution is 7.90. The van der Waals surface area contributed by atoms with Crippen LogP contribution in [0.3, 0.4) is 0 Å². The van der Waals surface area contributed by atoms with Gasteiger partial charge in [-0.1, -0.05) is 12.1 Å². The van der Waals surface area contributed by atoms with Gasteiger partial charge in [0.2, 0.25) is 5.91 Å². The third kappa shape index (κ3) is 6.41. The van der Waals surface area contributed by atoms with Gasteiger partial charge in [0.25, 0.3) is 5.56 Å². The number of aromatic nitrogens is 1. The summed E-state index contributed by atoms with van der Waals surface area (Å²) in [6, 6.07) is 10.5. The van der Waals surface area contributed by atoms with Crippen molar-refractivity contribution in [1.82, 2.24) is 9.47 Å². The maximum atomic E-state index is 12.6. The van der Waals surface area contributed by atoms with Gasteiger partial charge in [-0.15, -0.1) is 0 Å². The predicted molar refractivity (Wildman–Crippen MR) is 120 cm³/mol. The molecule has 0 spiro atoms. The molecule has 0 radical (unpaired) electrons. The summed E-state index contributed by atoms with van der Waals surface area (Å²) in [6.07, 6.45) is 4.83. The van der Waals surface area contributed by atoms with E-state index < -0.39 is 26.7 Å². The van der Waals surface area contributed by atoms with Crippen LogP contribution in [0.4, 0.5) is 0 Å². The van der Waals surface area contributed by atoms with Crippen molar-refractivity contribution in [3.63, 3.8) is 0 Å². The fourth-order valence-electron chi connectivity index (χ4n) is 3.77. The van der Waals surface area contributed by atoms with Crippen LogP contribution in [0.15, 0.2) is 47.4 Å². The largest absolute Gasteiger partial charge is 0.492 e. The normalized spacial score (nSPS) is 15.6. The first-order chi connectivity index (χ1) is 14.7. The number of primary amides is 1. The molecular weight excluding hydrogens is 418 g/mol. The Morgan fingerprint density at radius 1 is 1.13 bits per heavy atom. The maximum Gasteiger partial charge on any atom is 0.252 e. The van der Waals surface area contributed by atoms with E-state index in [4.69, 9.17) is 10.5 Å². The molecule has 1 aromatic carbocycles. The summed E-state index contributed by atoms with van der Waals surface area (Å²) in [4.78, 5) is 26.1. The lowest BCUT2D eigenvalue weighted by Gasteiger charge is -2.18. The number of carbonyl (C=O) groups excluding carboxylic acids is 1. The van der Waals surface area contributed by atoms with E-state index in [9.17, 15) is 18.0 Å². The van der Waals surface area contributed by atoms with Crippen molar-refractivity contribution in [2.45, 2.75) is 31.1 Å². The molecule has 1 unspecified atom stereocenters. The van der Waals surface area contributed by atoms with E-state index in [1.807, 2.05) is 24.3 Å². The third-order valence-electron chi connectivity index (χ3n) is 5.45. The summed E-state index contributed by atoms with van der Waals surface area (Å²) in [7, 11) is -3.60. The molecule has 0 bridgehead atoms. The van der Waals surface area contributed by atoms with Crippen LogP contribution in [0.2, 0.25) is 0 Å². The highest BCUT2D eigenvalue weighted by Crippen LogP contribution is 2.23. The number of sulfone groups is 1. The average molecular weight is 448 g/mol. The van der Waals surface area contributed by atoms with Gasteiger partial charge < -0.3 is 10.5 Å². The molecule has 31 heavy (non-hydrogen) atoms. The summed E-state index contributed by atoms with van der Waals surface area (Å²) in [6.45, 7) is 3.82. The van der Waals surface area contributed by atoms with Crippen molar-refractivity contribution in [3.8, 4) is 16.9 Å². The van der Waals surface area contributed by atoms with Crippen LogP contribution >= 0.6 is 0 Å². The highest BCUT2D eigenvalue weighted by atomic mass is 32.2. The number of amides is 1. The number of likely N-dealkylation sites (tertiary alicyclic amines) is 1. The Kier molecular flexibility index (Phi) is 7.50. The number of ether oxygens (including phenoxy) is 1. The predicted octanol–water partition coefficient (Wildman–Crippen LogP) is 1.80. The number of nitrogens with two attached hydrogens (primary N) is 1. The quantitative estimate of drug-likeness (QED) is 0.594. The van der Waals surface area contributed by atoms with Crippen LogP contribution in [0.1, 0.15) is 31.1 Å². The Labute approximate surface area is 182 Å². The van der Waals surface area contributed by atoms with Gasteiger partial charge in [-0.2, -0.15) is 0 Å². The second-order valence-corrected chi connectivity index (χ2v) is 10.1. The molecule has 2 N–H and O–H groups in total. The zero-order chi connectivity index (χ0) is 22.4. The molecule has 1 aliphatic heterocycles. The Bertz CT molecular complexity index is 1060. The summed E-state index contributed by atoms with van der Waals surface area (Å²) in [5.74, 6) is 0.154. The monoisotopic (exact) mass is 447 g/mol.